The number of benzene rings is 2. The maximum atomic E-state index is 13.3. The van der Waals surface area contributed by atoms with Crippen molar-refractivity contribution in [2.75, 3.05) is 16.3 Å². The molecule has 0 saturated heterocycles. The van der Waals surface area contributed by atoms with Crippen molar-refractivity contribution >= 4 is 38.1 Å². The van der Waals surface area contributed by atoms with Crippen LogP contribution in [0.2, 0.25) is 0 Å². The van der Waals surface area contributed by atoms with E-state index in [1.165, 1.54) is 47.7 Å². The van der Waals surface area contributed by atoms with Gasteiger partial charge in [-0.25, -0.2) is 17.8 Å². The second kappa shape index (κ2) is 7.22. The maximum Gasteiger partial charge on any atom is 0.257 e. The van der Waals surface area contributed by atoms with Crippen LogP contribution in [0.5, 0.6) is 0 Å². The average Bonchev–Trinajstić information content (AvgIpc) is 3.02. The Morgan fingerprint density at radius 1 is 1.15 bits per heavy atom. The number of thiazole rings is 1. The number of anilines is 2. The monoisotopic (exact) mass is 391 g/mol. The molecule has 0 atom stereocenters. The predicted molar refractivity (Wildman–Crippen MR) is 100 cm³/mol. The van der Waals surface area contributed by atoms with Gasteiger partial charge in [0.1, 0.15) is 5.82 Å². The molecule has 6 nitrogen and oxygen atoms in total. The molecular weight excluding hydrogens is 377 g/mol. The first-order valence-electron chi connectivity index (χ1n) is 7.41. The lowest BCUT2D eigenvalue weighted by molar-refractivity contribution is 0.102. The van der Waals surface area contributed by atoms with Gasteiger partial charge in [0.2, 0.25) is 10.0 Å². The number of nitrogens with one attached hydrogen (secondary N) is 2. The molecule has 0 aliphatic heterocycles. The Labute approximate surface area is 153 Å². The summed E-state index contributed by atoms with van der Waals surface area (Å²) in [5, 5.41) is 4.77. The molecule has 134 valence electrons. The van der Waals surface area contributed by atoms with Crippen molar-refractivity contribution in [1.82, 2.24) is 4.98 Å². The average molecular weight is 391 g/mol. The molecule has 2 N–H and O–H groups in total. The Hall–Kier alpha value is -2.78. The summed E-state index contributed by atoms with van der Waals surface area (Å²) in [5.74, 6) is -0.736. The van der Waals surface area contributed by atoms with Crippen LogP contribution in [0.3, 0.4) is 0 Å². The van der Waals surface area contributed by atoms with E-state index in [0.717, 1.165) is 6.26 Å². The summed E-state index contributed by atoms with van der Waals surface area (Å²) < 4.78 is 38.0. The summed E-state index contributed by atoms with van der Waals surface area (Å²) in [6.07, 6.45) is 1.05. The van der Waals surface area contributed by atoms with Crippen molar-refractivity contribution in [3.8, 4) is 11.3 Å². The van der Waals surface area contributed by atoms with E-state index in [1.54, 1.807) is 17.5 Å². The number of nitrogens with zero attached hydrogens (tertiary/aromatic N) is 1. The van der Waals surface area contributed by atoms with Crippen LogP contribution in [0.25, 0.3) is 11.3 Å². The molecule has 1 heterocycles. The normalized spacial score (nSPS) is 11.2. The van der Waals surface area contributed by atoms with E-state index < -0.39 is 10.0 Å². The van der Waals surface area contributed by atoms with Crippen LogP contribution in [0, 0.1) is 5.82 Å². The van der Waals surface area contributed by atoms with Crippen molar-refractivity contribution in [2.45, 2.75) is 0 Å². The Morgan fingerprint density at radius 3 is 2.54 bits per heavy atom. The largest absolute Gasteiger partial charge is 0.298 e. The molecule has 3 rings (SSSR count). The van der Waals surface area contributed by atoms with Gasteiger partial charge in [-0.1, -0.05) is 12.1 Å². The van der Waals surface area contributed by atoms with Gasteiger partial charge in [0.25, 0.3) is 5.91 Å². The van der Waals surface area contributed by atoms with E-state index in [1.807, 2.05) is 0 Å². The van der Waals surface area contributed by atoms with E-state index in [0.29, 0.717) is 27.6 Å². The quantitative estimate of drug-likeness (QED) is 0.696. The van der Waals surface area contributed by atoms with Gasteiger partial charge in [-0.05, 0) is 36.4 Å². The second-order valence-electron chi connectivity index (χ2n) is 5.45. The molecule has 26 heavy (non-hydrogen) atoms. The first-order valence-corrected chi connectivity index (χ1v) is 10.2. The number of carbonyl (C=O) groups is 1. The van der Waals surface area contributed by atoms with Crippen LogP contribution < -0.4 is 10.0 Å². The maximum absolute atomic E-state index is 13.3. The summed E-state index contributed by atoms with van der Waals surface area (Å²) >= 11 is 1.23. The van der Waals surface area contributed by atoms with Crippen LogP contribution in [0.1, 0.15) is 10.4 Å². The highest BCUT2D eigenvalue weighted by Gasteiger charge is 2.11. The zero-order valence-electron chi connectivity index (χ0n) is 13.6. The van der Waals surface area contributed by atoms with Gasteiger partial charge in [-0.2, -0.15) is 0 Å². The summed E-state index contributed by atoms with van der Waals surface area (Å²) in [7, 11) is -3.37. The summed E-state index contributed by atoms with van der Waals surface area (Å²) in [5.41, 5.74) is 1.91. The highest BCUT2D eigenvalue weighted by molar-refractivity contribution is 7.92. The number of hydrogen-bond donors (Lipinski definition) is 2. The van der Waals surface area contributed by atoms with E-state index in [4.69, 9.17) is 0 Å². The molecule has 0 spiro atoms. The fraction of sp³-hybridized carbons (Fsp3) is 0.0588. The first kappa shape index (κ1) is 18.0. The van der Waals surface area contributed by atoms with Crippen molar-refractivity contribution < 1.29 is 17.6 Å². The van der Waals surface area contributed by atoms with E-state index in [-0.39, 0.29) is 11.7 Å². The van der Waals surface area contributed by atoms with Gasteiger partial charge in [0, 0.05) is 22.2 Å². The van der Waals surface area contributed by atoms with Crippen LogP contribution >= 0.6 is 11.3 Å². The van der Waals surface area contributed by atoms with Crippen molar-refractivity contribution in [2.24, 2.45) is 0 Å². The number of sulfonamides is 1. The minimum Gasteiger partial charge on any atom is -0.298 e. The topological polar surface area (TPSA) is 88.2 Å². The molecule has 0 aliphatic rings. The van der Waals surface area contributed by atoms with Crippen molar-refractivity contribution in [1.29, 1.82) is 0 Å². The minimum atomic E-state index is -3.37. The molecule has 2 aromatic carbocycles. The zero-order chi connectivity index (χ0) is 18.7. The van der Waals surface area contributed by atoms with Gasteiger partial charge in [-0.3, -0.25) is 14.8 Å². The molecular formula is C17H14FN3O3S2. The SMILES string of the molecule is CS(=O)(=O)Nc1ccc(C(=O)Nc2nc(-c3cccc(F)c3)cs2)cc1. The molecule has 0 saturated carbocycles. The molecule has 0 radical (unpaired) electrons. The Kier molecular flexibility index (Phi) is 5.01. The van der Waals surface area contributed by atoms with E-state index in [9.17, 15) is 17.6 Å². The van der Waals surface area contributed by atoms with Gasteiger partial charge >= 0.3 is 0 Å². The molecule has 9 heteroatoms. The van der Waals surface area contributed by atoms with Crippen molar-refractivity contribution in [3.63, 3.8) is 0 Å². The van der Waals surface area contributed by atoms with Gasteiger partial charge in [-0.15, -0.1) is 11.3 Å². The highest BCUT2D eigenvalue weighted by Crippen LogP contribution is 2.25. The predicted octanol–water partition coefficient (Wildman–Crippen LogP) is 3.57. The van der Waals surface area contributed by atoms with Crippen LogP contribution in [0.15, 0.2) is 53.9 Å². The molecule has 0 fully saturated rings. The smallest absolute Gasteiger partial charge is 0.257 e. The Balaban J connectivity index is 1.70. The number of rotatable bonds is 5. The first-order chi connectivity index (χ1) is 12.3. The third-order valence-electron chi connectivity index (χ3n) is 3.30. The lowest BCUT2D eigenvalue weighted by Gasteiger charge is -2.05. The fourth-order valence-electron chi connectivity index (χ4n) is 2.18. The van der Waals surface area contributed by atoms with Crippen LogP contribution in [-0.2, 0) is 10.0 Å². The minimum absolute atomic E-state index is 0.353. The Morgan fingerprint density at radius 2 is 1.88 bits per heavy atom. The van der Waals surface area contributed by atoms with Crippen LogP contribution in [-0.4, -0.2) is 25.6 Å². The Bertz CT molecular complexity index is 1050. The number of aromatic nitrogens is 1. The lowest BCUT2D eigenvalue weighted by atomic mass is 10.2. The molecule has 0 bridgehead atoms. The molecule has 3 aromatic rings. The van der Waals surface area contributed by atoms with Gasteiger partial charge in [0.05, 0.1) is 11.9 Å². The number of halogens is 1. The lowest BCUT2D eigenvalue weighted by Crippen LogP contribution is -2.12. The standard InChI is InChI=1S/C17H14FN3O3S2/c1-26(23,24)21-14-7-5-11(6-8-14)16(22)20-17-19-15(10-25-17)12-3-2-4-13(18)9-12/h2-10,21H,1H3,(H,19,20,22). The summed E-state index contributed by atoms with van der Waals surface area (Å²) in [6.45, 7) is 0. The molecule has 1 amide bonds. The molecule has 0 aliphatic carbocycles. The number of amides is 1. The molecule has 0 unspecified atom stereocenters. The zero-order valence-corrected chi connectivity index (χ0v) is 15.2. The summed E-state index contributed by atoms with van der Waals surface area (Å²) in [4.78, 5) is 16.5. The summed E-state index contributed by atoms with van der Waals surface area (Å²) in [6, 6.07) is 12.0. The van der Waals surface area contributed by atoms with E-state index in [2.05, 4.69) is 15.0 Å². The second-order valence-corrected chi connectivity index (χ2v) is 8.06. The third-order valence-corrected chi connectivity index (χ3v) is 4.66. The van der Waals surface area contributed by atoms with Crippen molar-refractivity contribution in [3.05, 3.63) is 65.3 Å². The third kappa shape index (κ3) is 4.64. The van der Waals surface area contributed by atoms with Gasteiger partial charge in [0.15, 0.2) is 5.13 Å². The number of carbonyl (C=O) groups excluding carboxylic acids is 1. The molecule has 1 aromatic heterocycles. The van der Waals surface area contributed by atoms with Crippen LogP contribution in [0.4, 0.5) is 15.2 Å². The number of hydrogen-bond acceptors (Lipinski definition) is 5. The van der Waals surface area contributed by atoms with E-state index >= 15 is 0 Å². The highest BCUT2D eigenvalue weighted by atomic mass is 32.2. The van der Waals surface area contributed by atoms with Gasteiger partial charge < -0.3 is 0 Å². The fourth-order valence-corrected chi connectivity index (χ4v) is 3.46.